The van der Waals surface area contributed by atoms with Crippen LogP contribution in [-0.2, 0) is 16.0 Å². The van der Waals surface area contributed by atoms with E-state index in [4.69, 9.17) is 14.6 Å². The third-order valence-electron chi connectivity index (χ3n) is 5.28. The van der Waals surface area contributed by atoms with E-state index in [0.29, 0.717) is 17.7 Å². The molecule has 3 aromatic carbocycles. The molecule has 0 bridgehead atoms. The van der Waals surface area contributed by atoms with Crippen LogP contribution in [0.5, 0.6) is 5.75 Å². The van der Waals surface area contributed by atoms with Gasteiger partial charge in [0.05, 0.1) is 13.2 Å². The van der Waals surface area contributed by atoms with Crippen molar-refractivity contribution in [3.63, 3.8) is 0 Å². The Morgan fingerprint density at radius 3 is 2.22 bits per heavy atom. The maximum atomic E-state index is 11.7. The average Bonchev–Trinajstić information content (AvgIpc) is 2.78. The molecule has 0 spiro atoms. The minimum absolute atomic E-state index is 0.0640. The number of carbonyl (C=O) groups excluding carboxylic acids is 1. The van der Waals surface area contributed by atoms with E-state index in [1.165, 1.54) is 22.3 Å². The van der Waals surface area contributed by atoms with Gasteiger partial charge in [-0.05, 0) is 66.3 Å². The number of hydrogen-bond acceptors (Lipinski definition) is 4. The summed E-state index contributed by atoms with van der Waals surface area (Å²) in [5.74, 6) is 0.281. The molecule has 0 saturated heterocycles. The van der Waals surface area contributed by atoms with Crippen molar-refractivity contribution in [2.75, 3.05) is 19.8 Å². The number of aliphatic hydroxyl groups excluding tert-OH is 1. The van der Waals surface area contributed by atoms with Crippen molar-refractivity contribution in [2.45, 2.75) is 27.2 Å². The minimum atomic E-state index is -0.402. The molecule has 0 aliphatic heterocycles. The molecule has 4 heteroatoms. The van der Waals surface area contributed by atoms with Gasteiger partial charge in [0, 0.05) is 12.0 Å². The normalized spacial score (nSPS) is 10.6. The summed E-state index contributed by atoms with van der Waals surface area (Å²) in [4.78, 5) is 11.7. The molecule has 1 N–H and O–H groups in total. The number of esters is 1. The van der Waals surface area contributed by atoms with Crippen molar-refractivity contribution < 1.29 is 19.4 Å². The average molecular weight is 431 g/mol. The Kier molecular flexibility index (Phi) is 7.85. The van der Waals surface area contributed by atoms with Crippen LogP contribution in [0.3, 0.4) is 0 Å². The van der Waals surface area contributed by atoms with E-state index in [1.807, 2.05) is 12.1 Å². The Balaban J connectivity index is 1.86. The smallest absolute Gasteiger partial charge is 0.333 e. The lowest BCUT2D eigenvalue weighted by molar-refractivity contribution is -0.138. The second-order valence-electron chi connectivity index (χ2n) is 7.96. The molecule has 0 saturated carbocycles. The zero-order chi connectivity index (χ0) is 23.1. The summed E-state index contributed by atoms with van der Waals surface area (Å²) in [6.07, 6.45) is 0.508. The molecule has 166 valence electrons. The van der Waals surface area contributed by atoms with Crippen molar-refractivity contribution >= 4 is 5.97 Å². The second kappa shape index (κ2) is 10.8. The molecule has 3 rings (SSSR count). The lowest BCUT2D eigenvalue weighted by Crippen LogP contribution is -2.10. The van der Waals surface area contributed by atoms with Gasteiger partial charge in [-0.15, -0.1) is 0 Å². The highest BCUT2D eigenvalue weighted by molar-refractivity contribution is 5.86. The third kappa shape index (κ3) is 5.86. The van der Waals surface area contributed by atoms with E-state index in [0.717, 1.165) is 16.7 Å². The summed E-state index contributed by atoms with van der Waals surface area (Å²) >= 11 is 0. The molecule has 0 amide bonds. The monoisotopic (exact) mass is 430 g/mol. The molecule has 0 aromatic heterocycles. The molecule has 0 fully saturated rings. The molecule has 0 aliphatic carbocycles. The van der Waals surface area contributed by atoms with Crippen LogP contribution < -0.4 is 4.74 Å². The fraction of sp³-hybridized carbons (Fsp3) is 0.250. The van der Waals surface area contributed by atoms with Crippen LogP contribution >= 0.6 is 0 Å². The number of rotatable bonds is 9. The van der Waals surface area contributed by atoms with Crippen molar-refractivity contribution in [1.82, 2.24) is 0 Å². The van der Waals surface area contributed by atoms with E-state index >= 15 is 0 Å². The summed E-state index contributed by atoms with van der Waals surface area (Å²) in [5, 5.41) is 9.12. The van der Waals surface area contributed by atoms with E-state index in [1.54, 1.807) is 6.92 Å². The SMILES string of the molecule is C=C(C)C(=O)OCCc1cc(-c2ccc(-c3ccc(C)cc3)c(C)c2)ccc1OCCO. The predicted molar refractivity (Wildman–Crippen MR) is 129 cm³/mol. The number of aliphatic hydroxyl groups is 1. The van der Waals surface area contributed by atoms with Gasteiger partial charge in [-0.25, -0.2) is 4.79 Å². The largest absolute Gasteiger partial charge is 0.491 e. The lowest BCUT2D eigenvalue weighted by Gasteiger charge is -2.14. The first-order valence-corrected chi connectivity index (χ1v) is 10.8. The predicted octanol–water partition coefficient (Wildman–Crippen LogP) is 5.67. The van der Waals surface area contributed by atoms with E-state index in [-0.39, 0.29) is 19.8 Å². The van der Waals surface area contributed by atoms with Crippen LogP contribution in [0.4, 0.5) is 0 Å². The lowest BCUT2D eigenvalue weighted by atomic mass is 9.94. The molecular formula is C28H30O4. The third-order valence-corrected chi connectivity index (χ3v) is 5.28. The Bertz CT molecular complexity index is 1100. The summed E-state index contributed by atoms with van der Waals surface area (Å²) in [6.45, 7) is 9.82. The van der Waals surface area contributed by atoms with Crippen LogP contribution in [0.1, 0.15) is 23.6 Å². The maximum absolute atomic E-state index is 11.7. The molecular weight excluding hydrogens is 400 g/mol. The van der Waals surface area contributed by atoms with Gasteiger partial charge in [0.15, 0.2) is 0 Å². The Morgan fingerprint density at radius 1 is 0.906 bits per heavy atom. The molecule has 0 aliphatic rings. The molecule has 0 unspecified atom stereocenters. The highest BCUT2D eigenvalue weighted by Gasteiger charge is 2.11. The van der Waals surface area contributed by atoms with Gasteiger partial charge in [-0.1, -0.05) is 60.7 Å². The zero-order valence-corrected chi connectivity index (χ0v) is 19.0. The second-order valence-corrected chi connectivity index (χ2v) is 7.96. The topological polar surface area (TPSA) is 55.8 Å². The molecule has 0 heterocycles. The summed E-state index contributed by atoms with van der Waals surface area (Å²) in [7, 11) is 0. The summed E-state index contributed by atoms with van der Waals surface area (Å²) < 4.78 is 10.9. The molecule has 4 nitrogen and oxygen atoms in total. The standard InChI is InChI=1S/C28H30O4/c1-19(2)28(30)32-15-13-25-18-24(10-12-27(25)31-16-14-29)23-9-11-26(21(4)17-23)22-7-5-20(3)6-8-22/h5-12,17-18,29H,1,13-16H2,2-4H3. The molecule has 32 heavy (non-hydrogen) atoms. The Hall–Kier alpha value is -3.37. The van der Waals surface area contributed by atoms with Gasteiger partial charge in [-0.2, -0.15) is 0 Å². The van der Waals surface area contributed by atoms with Crippen LogP contribution in [-0.4, -0.2) is 30.9 Å². The van der Waals surface area contributed by atoms with Gasteiger partial charge in [0.1, 0.15) is 12.4 Å². The van der Waals surface area contributed by atoms with Gasteiger partial charge >= 0.3 is 5.97 Å². The van der Waals surface area contributed by atoms with Gasteiger partial charge in [0.25, 0.3) is 0 Å². The molecule has 0 atom stereocenters. The van der Waals surface area contributed by atoms with E-state index in [2.05, 4.69) is 69.0 Å². The maximum Gasteiger partial charge on any atom is 0.333 e. The fourth-order valence-electron chi connectivity index (χ4n) is 3.53. The first-order chi connectivity index (χ1) is 15.4. The fourth-order valence-corrected chi connectivity index (χ4v) is 3.53. The van der Waals surface area contributed by atoms with Crippen molar-refractivity contribution in [1.29, 1.82) is 0 Å². The van der Waals surface area contributed by atoms with Crippen LogP contribution in [0.15, 0.2) is 72.8 Å². The zero-order valence-electron chi connectivity index (χ0n) is 19.0. The number of aryl methyl sites for hydroxylation is 2. The summed E-state index contributed by atoms with van der Waals surface area (Å²) in [6, 6.07) is 21.0. The Morgan fingerprint density at radius 2 is 1.56 bits per heavy atom. The number of carbonyl (C=O) groups is 1. The number of ether oxygens (including phenoxy) is 2. The van der Waals surface area contributed by atoms with Crippen LogP contribution in [0.2, 0.25) is 0 Å². The van der Waals surface area contributed by atoms with Crippen molar-refractivity contribution in [2.24, 2.45) is 0 Å². The molecule has 3 aromatic rings. The highest BCUT2D eigenvalue weighted by atomic mass is 16.5. The molecule has 0 radical (unpaired) electrons. The first-order valence-electron chi connectivity index (χ1n) is 10.8. The van der Waals surface area contributed by atoms with Crippen LogP contribution in [0, 0.1) is 13.8 Å². The minimum Gasteiger partial charge on any atom is -0.491 e. The van der Waals surface area contributed by atoms with E-state index in [9.17, 15) is 4.79 Å². The Labute approximate surface area is 190 Å². The van der Waals surface area contributed by atoms with Crippen molar-refractivity contribution in [3.05, 3.63) is 89.5 Å². The van der Waals surface area contributed by atoms with Crippen LogP contribution in [0.25, 0.3) is 22.3 Å². The first kappa shape index (κ1) is 23.3. The number of hydrogen-bond donors (Lipinski definition) is 1. The van der Waals surface area contributed by atoms with Gasteiger partial charge in [0.2, 0.25) is 0 Å². The van der Waals surface area contributed by atoms with Gasteiger partial charge in [-0.3, -0.25) is 0 Å². The van der Waals surface area contributed by atoms with Gasteiger partial charge < -0.3 is 14.6 Å². The number of benzene rings is 3. The summed E-state index contributed by atoms with van der Waals surface area (Å²) in [5.41, 5.74) is 8.31. The quantitative estimate of drug-likeness (QED) is 0.351. The van der Waals surface area contributed by atoms with E-state index < -0.39 is 5.97 Å². The van der Waals surface area contributed by atoms with Crippen molar-refractivity contribution in [3.8, 4) is 28.0 Å². The highest BCUT2D eigenvalue weighted by Crippen LogP contribution is 2.31.